The number of hydrogen-bond acceptors (Lipinski definition) is 3. The summed E-state index contributed by atoms with van der Waals surface area (Å²) in [7, 11) is 0. The van der Waals surface area contributed by atoms with Crippen LogP contribution in [0, 0.1) is 5.41 Å². The van der Waals surface area contributed by atoms with Gasteiger partial charge < -0.3 is 15.2 Å². The average molecular weight is 279 g/mol. The first-order valence-corrected chi connectivity index (χ1v) is 6.44. The van der Waals surface area contributed by atoms with Crippen LogP contribution in [0.5, 0.6) is 0 Å². The van der Waals surface area contributed by atoms with Crippen LogP contribution in [0.4, 0.5) is 0 Å². The van der Waals surface area contributed by atoms with E-state index in [1.54, 1.807) is 0 Å². The predicted molar refractivity (Wildman–Crippen MR) is 75.2 cm³/mol. The second-order valence-electron chi connectivity index (χ2n) is 5.66. The molecule has 20 heavy (non-hydrogen) atoms. The maximum Gasteiger partial charge on any atom is 0.329 e. The van der Waals surface area contributed by atoms with Crippen LogP contribution in [0.2, 0.25) is 0 Å². The van der Waals surface area contributed by atoms with Gasteiger partial charge in [0.15, 0.2) is 0 Å². The van der Waals surface area contributed by atoms with Crippen molar-refractivity contribution in [3.63, 3.8) is 0 Å². The summed E-state index contributed by atoms with van der Waals surface area (Å²) in [6, 6.07) is 9.50. The number of carboxylic acid groups (broad SMARTS) is 1. The van der Waals surface area contributed by atoms with Gasteiger partial charge in [-0.3, -0.25) is 4.79 Å². The largest absolute Gasteiger partial charge is 0.480 e. The molecular formula is C15H21NO4. The van der Waals surface area contributed by atoms with Gasteiger partial charge in [0.05, 0.1) is 6.04 Å². The molecule has 5 heteroatoms. The topological polar surface area (TPSA) is 75.6 Å². The summed E-state index contributed by atoms with van der Waals surface area (Å²) >= 11 is 0. The fourth-order valence-corrected chi connectivity index (χ4v) is 1.88. The van der Waals surface area contributed by atoms with Gasteiger partial charge in [0.2, 0.25) is 5.91 Å². The molecule has 0 heterocycles. The summed E-state index contributed by atoms with van der Waals surface area (Å²) in [5, 5.41) is 11.3. The van der Waals surface area contributed by atoms with Crippen molar-refractivity contribution in [1.29, 1.82) is 0 Å². The quantitative estimate of drug-likeness (QED) is 0.835. The van der Waals surface area contributed by atoms with Crippen molar-refractivity contribution in [3.05, 3.63) is 35.9 Å². The number of nitrogens with one attached hydrogen (secondary N) is 1. The Morgan fingerprint density at radius 1 is 1.20 bits per heavy atom. The number of benzene rings is 1. The molecule has 1 amide bonds. The molecule has 1 aromatic carbocycles. The molecule has 0 aliphatic rings. The lowest BCUT2D eigenvalue weighted by atomic mass is 9.82. The van der Waals surface area contributed by atoms with Crippen molar-refractivity contribution < 1.29 is 19.4 Å². The highest BCUT2D eigenvalue weighted by Gasteiger charge is 2.27. The van der Waals surface area contributed by atoms with Gasteiger partial charge in [-0.1, -0.05) is 51.1 Å². The molecule has 0 fully saturated rings. The van der Waals surface area contributed by atoms with Crippen molar-refractivity contribution in [1.82, 2.24) is 5.32 Å². The number of aliphatic carboxylic acids is 1. The number of carbonyl (C=O) groups excluding carboxylic acids is 1. The zero-order chi connectivity index (χ0) is 15.2. The van der Waals surface area contributed by atoms with Crippen molar-refractivity contribution in [2.24, 2.45) is 5.41 Å². The van der Waals surface area contributed by atoms with Gasteiger partial charge in [-0.05, 0) is 11.0 Å². The average Bonchev–Trinajstić information content (AvgIpc) is 2.35. The van der Waals surface area contributed by atoms with Crippen LogP contribution in [-0.4, -0.2) is 30.2 Å². The van der Waals surface area contributed by atoms with Gasteiger partial charge in [-0.2, -0.15) is 0 Å². The predicted octanol–water partition coefficient (Wildman–Crippen LogP) is 1.99. The molecule has 2 N–H and O–H groups in total. The highest BCUT2D eigenvalue weighted by Crippen LogP contribution is 2.32. The van der Waals surface area contributed by atoms with Crippen LogP contribution in [-0.2, 0) is 14.3 Å². The van der Waals surface area contributed by atoms with Gasteiger partial charge in [0, 0.05) is 0 Å². The van der Waals surface area contributed by atoms with Crippen LogP contribution in [0.25, 0.3) is 0 Å². The molecule has 0 aliphatic heterocycles. The molecule has 0 radical (unpaired) electrons. The molecule has 0 saturated carbocycles. The van der Waals surface area contributed by atoms with Gasteiger partial charge in [-0.15, -0.1) is 0 Å². The number of ether oxygens (including phenoxy) is 1. The van der Waals surface area contributed by atoms with Crippen molar-refractivity contribution in [2.75, 3.05) is 13.2 Å². The first-order chi connectivity index (χ1) is 9.30. The van der Waals surface area contributed by atoms with Crippen molar-refractivity contribution in [3.8, 4) is 0 Å². The SMILES string of the molecule is CC(C)(C)C(NC(=O)COCC(=O)O)c1ccccc1. The van der Waals surface area contributed by atoms with E-state index in [1.165, 1.54) is 0 Å². The number of rotatable bonds is 6. The molecule has 0 bridgehead atoms. The lowest BCUT2D eigenvalue weighted by Crippen LogP contribution is -2.38. The number of hydrogen-bond donors (Lipinski definition) is 2. The van der Waals surface area contributed by atoms with E-state index in [0.29, 0.717) is 0 Å². The third-order valence-corrected chi connectivity index (χ3v) is 2.76. The normalized spacial score (nSPS) is 12.8. The lowest BCUT2D eigenvalue weighted by Gasteiger charge is -2.32. The molecule has 5 nitrogen and oxygen atoms in total. The minimum Gasteiger partial charge on any atom is -0.480 e. The summed E-state index contributed by atoms with van der Waals surface area (Å²) in [6.45, 7) is 5.36. The Kier molecular flexibility index (Phi) is 5.70. The fourth-order valence-electron chi connectivity index (χ4n) is 1.88. The summed E-state index contributed by atoms with van der Waals surface area (Å²) in [5.74, 6) is -1.41. The molecular weight excluding hydrogens is 258 g/mol. The van der Waals surface area contributed by atoms with Gasteiger partial charge in [0.1, 0.15) is 13.2 Å². The molecule has 0 aliphatic carbocycles. The second-order valence-corrected chi connectivity index (χ2v) is 5.66. The van der Waals surface area contributed by atoms with E-state index in [0.717, 1.165) is 5.56 Å². The number of carboxylic acids is 1. The highest BCUT2D eigenvalue weighted by atomic mass is 16.5. The zero-order valence-electron chi connectivity index (χ0n) is 12.1. The van der Waals surface area contributed by atoms with E-state index >= 15 is 0 Å². The minimum atomic E-state index is -1.09. The summed E-state index contributed by atoms with van der Waals surface area (Å²) in [5.41, 5.74) is 0.843. The standard InChI is InChI=1S/C15H21NO4/c1-15(2,3)14(11-7-5-4-6-8-11)16-12(17)9-20-10-13(18)19/h4-8,14H,9-10H2,1-3H3,(H,16,17)(H,18,19). The van der Waals surface area contributed by atoms with Gasteiger partial charge >= 0.3 is 5.97 Å². The molecule has 0 spiro atoms. The summed E-state index contributed by atoms with van der Waals surface area (Å²) in [4.78, 5) is 22.2. The molecule has 1 unspecified atom stereocenters. The highest BCUT2D eigenvalue weighted by molar-refractivity contribution is 5.78. The van der Waals surface area contributed by atoms with E-state index in [-0.39, 0.29) is 24.0 Å². The zero-order valence-corrected chi connectivity index (χ0v) is 12.1. The Morgan fingerprint density at radius 2 is 1.80 bits per heavy atom. The molecule has 110 valence electrons. The van der Waals surface area contributed by atoms with Crippen LogP contribution >= 0.6 is 0 Å². The Hall–Kier alpha value is -1.88. The van der Waals surface area contributed by atoms with Gasteiger partial charge in [-0.25, -0.2) is 4.79 Å². The second kappa shape index (κ2) is 7.05. The van der Waals surface area contributed by atoms with Crippen LogP contribution in [0.1, 0.15) is 32.4 Å². The Labute approximate surface area is 118 Å². The Morgan fingerprint density at radius 3 is 2.30 bits per heavy atom. The minimum absolute atomic E-state index is 0.162. The summed E-state index contributed by atoms with van der Waals surface area (Å²) in [6.07, 6.45) is 0. The maximum atomic E-state index is 11.8. The summed E-state index contributed by atoms with van der Waals surface area (Å²) < 4.78 is 4.79. The molecule has 0 aromatic heterocycles. The third-order valence-electron chi connectivity index (χ3n) is 2.76. The Balaban J connectivity index is 2.67. The van der Waals surface area contributed by atoms with E-state index in [2.05, 4.69) is 5.32 Å². The molecule has 1 aromatic rings. The first kappa shape index (κ1) is 16.2. The molecule has 1 rings (SSSR count). The van der Waals surface area contributed by atoms with E-state index in [9.17, 15) is 9.59 Å². The van der Waals surface area contributed by atoms with Crippen molar-refractivity contribution >= 4 is 11.9 Å². The molecule has 1 atom stereocenters. The van der Waals surface area contributed by atoms with Crippen LogP contribution in [0.15, 0.2) is 30.3 Å². The monoisotopic (exact) mass is 279 g/mol. The maximum absolute atomic E-state index is 11.8. The van der Waals surface area contributed by atoms with Gasteiger partial charge in [0.25, 0.3) is 0 Å². The number of carbonyl (C=O) groups is 2. The van der Waals surface area contributed by atoms with Crippen LogP contribution < -0.4 is 5.32 Å². The van der Waals surface area contributed by atoms with E-state index in [4.69, 9.17) is 9.84 Å². The van der Waals surface area contributed by atoms with Crippen molar-refractivity contribution in [2.45, 2.75) is 26.8 Å². The van der Waals surface area contributed by atoms with E-state index < -0.39 is 12.6 Å². The lowest BCUT2D eigenvalue weighted by molar-refractivity contribution is -0.143. The molecule has 0 saturated heterocycles. The number of amides is 1. The fraction of sp³-hybridized carbons (Fsp3) is 0.467. The first-order valence-electron chi connectivity index (χ1n) is 6.44. The van der Waals surface area contributed by atoms with Crippen LogP contribution in [0.3, 0.4) is 0 Å². The third kappa shape index (κ3) is 5.40. The Bertz CT molecular complexity index is 451. The smallest absolute Gasteiger partial charge is 0.329 e. The van der Waals surface area contributed by atoms with E-state index in [1.807, 2.05) is 51.1 Å².